The van der Waals surface area contributed by atoms with Crippen LogP contribution in [0.5, 0.6) is 0 Å². The van der Waals surface area contributed by atoms with Gasteiger partial charge in [-0.05, 0) is 37.6 Å². The van der Waals surface area contributed by atoms with Gasteiger partial charge in [0.1, 0.15) is 15.3 Å². The lowest BCUT2D eigenvalue weighted by Gasteiger charge is -2.05. The highest BCUT2D eigenvalue weighted by atomic mass is 32.1. The number of carbonyl (C=O) groups is 2. The second-order valence-corrected chi connectivity index (χ2v) is 7.38. The molecule has 162 valence electrons. The Hall–Kier alpha value is -3.64. The molecule has 0 atom stereocenters. The minimum Gasteiger partial charge on any atom is -0.462 e. The SMILES string of the molecule is C=CC(=O)Nc1cccc(NC=c2sc(=C(C#N)C(=O)OCC)n(CCCC)c2=O)c1. The molecule has 0 fully saturated rings. The van der Waals surface area contributed by atoms with Crippen LogP contribution >= 0.6 is 11.3 Å². The number of esters is 1. The maximum Gasteiger partial charge on any atom is 0.351 e. The largest absolute Gasteiger partial charge is 0.462 e. The van der Waals surface area contributed by atoms with Gasteiger partial charge in [0.25, 0.3) is 5.56 Å². The Morgan fingerprint density at radius 2 is 2.06 bits per heavy atom. The number of nitriles is 1. The van der Waals surface area contributed by atoms with E-state index in [1.54, 1.807) is 31.2 Å². The number of hydrogen-bond donors (Lipinski definition) is 2. The maximum atomic E-state index is 12.9. The Bertz CT molecular complexity index is 1190. The number of rotatable bonds is 9. The molecule has 2 aromatic rings. The van der Waals surface area contributed by atoms with E-state index in [4.69, 9.17) is 4.74 Å². The second kappa shape index (κ2) is 11.5. The maximum absolute atomic E-state index is 12.9. The average molecular weight is 441 g/mol. The predicted octanol–water partition coefficient (Wildman–Crippen LogP) is 1.92. The first-order valence-electron chi connectivity index (χ1n) is 9.76. The van der Waals surface area contributed by atoms with Crippen LogP contribution in [0.3, 0.4) is 0 Å². The lowest BCUT2D eigenvalue weighted by atomic mass is 10.2. The molecule has 31 heavy (non-hydrogen) atoms. The number of thiazole rings is 1. The molecule has 1 aromatic heterocycles. The van der Waals surface area contributed by atoms with E-state index >= 15 is 0 Å². The molecule has 8 nitrogen and oxygen atoms in total. The molecule has 0 aliphatic heterocycles. The molecule has 0 bridgehead atoms. The summed E-state index contributed by atoms with van der Waals surface area (Å²) in [6.45, 7) is 7.58. The quantitative estimate of drug-likeness (QED) is 0.455. The minimum atomic E-state index is -0.748. The van der Waals surface area contributed by atoms with Gasteiger partial charge in [-0.1, -0.05) is 26.0 Å². The third-order valence-corrected chi connectivity index (χ3v) is 5.26. The van der Waals surface area contributed by atoms with Crippen molar-refractivity contribution in [3.05, 3.63) is 56.5 Å². The highest BCUT2D eigenvalue weighted by molar-refractivity contribution is 7.07. The van der Waals surface area contributed by atoms with Crippen LogP contribution in [-0.4, -0.2) is 23.1 Å². The van der Waals surface area contributed by atoms with E-state index in [0.29, 0.717) is 22.5 Å². The molecule has 0 radical (unpaired) electrons. The van der Waals surface area contributed by atoms with Crippen molar-refractivity contribution in [1.29, 1.82) is 5.26 Å². The van der Waals surface area contributed by atoms with Crippen LogP contribution in [0.1, 0.15) is 26.7 Å². The molecule has 1 aromatic carbocycles. The zero-order chi connectivity index (χ0) is 22.8. The molecular formula is C22H24N4O4S. The van der Waals surface area contributed by atoms with Crippen molar-refractivity contribution >= 4 is 46.4 Å². The molecule has 0 spiro atoms. The molecule has 0 saturated carbocycles. The van der Waals surface area contributed by atoms with E-state index in [9.17, 15) is 19.6 Å². The number of carbonyl (C=O) groups excluding carboxylic acids is 2. The van der Waals surface area contributed by atoms with Gasteiger partial charge >= 0.3 is 5.97 Å². The lowest BCUT2D eigenvalue weighted by Crippen LogP contribution is -2.33. The van der Waals surface area contributed by atoms with Crippen LogP contribution in [0, 0.1) is 11.3 Å². The molecule has 0 saturated heterocycles. The topological polar surface area (TPSA) is 113 Å². The number of benzene rings is 1. The van der Waals surface area contributed by atoms with Gasteiger partial charge in [0.2, 0.25) is 5.91 Å². The summed E-state index contributed by atoms with van der Waals surface area (Å²) in [5.41, 5.74) is 0.729. The van der Waals surface area contributed by atoms with Crippen molar-refractivity contribution in [3.63, 3.8) is 0 Å². The molecule has 2 N–H and O–H groups in total. The average Bonchev–Trinajstić information content (AvgIpc) is 3.06. The number of ether oxygens (including phenoxy) is 1. The van der Waals surface area contributed by atoms with E-state index in [1.807, 2.05) is 13.0 Å². The van der Waals surface area contributed by atoms with Crippen LogP contribution in [0.2, 0.25) is 0 Å². The van der Waals surface area contributed by atoms with Crippen LogP contribution in [0.15, 0.2) is 41.7 Å². The number of aromatic nitrogens is 1. The summed E-state index contributed by atoms with van der Waals surface area (Å²) in [4.78, 5) is 36.6. The zero-order valence-corrected chi connectivity index (χ0v) is 18.3. The van der Waals surface area contributed by atoms with Crippen LogP contribution < -0.4 is 25.4 Å². The number of nitrogens with one attached hydrogen (secondary N) is 2. The fraction of sp³-hybridized carbons (Fsp3) is 0.273. The summed E-state index contributed by atoms with van der Waals surface area (Å²) in [6, 6.07) is 8.82. The molecule has 2 rings (SSSR count). The van der Waals surface area contributed by atoms with E-state index in [1.165, 1.54) is 16.8 Å². The molecule has 1 amide bonds. The fourth-order valence-corrected chi connectivity index (χ4v) is 3.68. The lowest BCUT2D eigenvalue weighted by molar-refractivity contribution is -0.136. The summed E-state index contributed by atoms with van der Waals surface area (Å²) in [5.74, 6) is -1.08. The van der Waals surface area contributed by atoms with Crippen molar-refractivity contribution < 1.29 is 14.3 Å². The number of nitrogens with zero attached hydrogens (tertiary/aromatic N) is 2. The van der Waals surface area contributed by atoms with E-state index in [0.717, 1.165) is 24.2 Å². The van der Waals surface area contributed by atoms with Crippen LogP contribution in [0.25, 0.3) is 11.8 Å². The predicted molar refractivity (Wildman–Crippen MR) is 122 cm³/mol. The Balaban J connectivity index is 2.50. The summed E-state index contributed by atoms with van der Waals surface area (Å²) >= 11 is 1.05. The first-order valence-corrected chi connectivity index (χ1v) is 10.6. The highest BCUT2D eigenvalue weighted by Crippen LogP contribution is 2.15. The Morgan fingerprint density at radius 1 is 1.32 bits per heavy atom. The summed E-state index contributed by atoms with van der Waals surface area (Å²) < 4.78 is 7.02. The highest BCUT2D eigenvalue weighted by Gasteiger charge is 2.16. The Labute approximate surface area is 183 Å². The van der Waals surface area contributed by atoms with Crippen molar-refractivity contribution in [1.82, 2.24) is 4.57 Å². The van der Waals surface area contributed by atoms with Gasteiger partial charge in [-0.2, -0.15) is 5.26 Å². The van der Waals surface area contributed by atoms with Crippen LogP contribution in [-0.2, 0) is 20.9 Å². The normalized spacial score (nSPS) is 12.0. The summed E-state index contributed by atoms with van der Waals surface area (Å²) in [5, 5.41) is 15.2. The summed E-state index contributed by atoms with van der Waals surface area (Å²) in [7, 11) is 0. The number of unbranched alkanes of at least 4 members (excludes halogenated alkanes) is 1. The van der Waals surface area contributed by atoms with Gasteiger partial charge in [-0.3, -0.25) is 14.2 Å². The van der Waals surface area contributed by atoms with Crippen molar-refractivity contribution in [2.45, 2.75) is 33.2 Å². The number of amides is 1. The Morgan fingerprint density at radius 3 is 2.71 bits per heavy atom. The van der Waals surface area contributed by atoms with E-state index in [-0.39, 0.29) is 28.3 Å². The van der Waals surface area contributed by atoms with Gasteiger partial charge < -0.3 is 15.4 Å². The first-order chi connectivity index (χ1) is 14.9. The fourth-order valence-electron chi connectivity index (χ4n) is 2.64. The smallest absolute Gasteiger partial charge is 0.351 e. The van der Waals surface area contributed by atoms with Gasteiger partial charge in [-0.15, -0.1) is 11.3 Å². The van der Waals surface area contributed by atoms with Crippen molar-refractivity contribution in [3.8, 4) is 6.07 Å². The number of anilines is 2. The first kappa shape index (κ1) is 23.6. The minimum absolute atomic E-state index is 0.133. The molecule has 0 unspecified atom stereocenters. The van der Waals surface area contributed by atoms with Gasteiger partial charge in [-0.25, -0.2) is 4.79 Å². The van der Waals surface area contributed by atoms with E-state index < -0.39 is 5.97 Å². The van der Waals surface area contributed by atoms with Crippen molar-refractivity contribution in [2.75, 3.05) is 17.2 Å². The number of hydrogen-bond acceptors (Lipinski definition) is 7. The van der Waals surface area contributed by atoms with E-state index in [2.05, 4.69) is 17.2 Å². The third kappa shape index (κ3) is 6.17. The van der Waals surface area contributed by atoms with Gasteiger partial charge in [0, 0.05) is 24.1 Å². The molecule has 0 aliphatic carbocycles. The molecule has 0 aliphatic rings. The monoisotopic (exact) mass is 440 g/mol. The third-order valence-electron chi connectivity index (χ3n) is 4.13. The van der Waals surface area contributed by atoms with Crippen LogP contribution in [0.4, 0.5) is 11.4 Å². The molecule has 1 heterocycles. The summed E-state index contributed by atoms with van der Waals surface area (Å²) in [6.07, 6.45) is 4.27. The van der Waals surface area contributed by atoms with Crippen molar-refractivity contribution in [2.24, 2.45) is 0 Å². The zero-order valence-electron chi connectivity index (χ0n) is 17.4. The second-order valence-electron chi connectivity index (χ2n) is 6.35. The Kier molecular flexibility index (Phi) is 8.78. The van der Waals surface area contributed by atoms with Gasteiger partial charge in [0.15, 0.2) is 5.57 Å². The molecular weight excluding hydrogens is 416 g/mol. The molecule has 9 heteroatoms. The standard InChI is InChI=1S/C22H24N4O4S/c1-4-7-11-26-20(28)18(31-21(26)17(13-23)22(29)30-6-3)14-24-15-9-8-10-16(12-15)25-19(27)5-2/h5,8-10,12,14,24H,2,4,6-7,11H2,1,3H3,(H,25,27). The van der Waals surface area contributed by atoms with Gasteiger partial charge in [0.05, 0.1) is 6.61 Å².